The summed E-state index contributed by atoms with van der Waals surface area (Å²) in [6, 6.07) is 36.2. The monoisotopic (exact) mass is 446 g/mol. The molecule has 4 aromatic carbocycles. The van der Waals surface area contributed by atoms with Crippen LogP contribution in [0.4, 0.5) is 0 Å². The Labute approximate surface area is 197 Å². The van der Waals surface area contributed by atoms with E-state index in [1.54, 1.807) is 11.3 Å². The highest BCUT2D eigenvalue weighted by molar-refractivity contribution is 7.13. The number of thiazole rings is 1. The SMILES string of the molecule is O=C(NCc1ccc(-c2nc(-c3ccccc3)cs2)cc1)c1ccc(-c2ccccc2)cc1. The average molecular weight is 447 g/mol. The van der Waals surface area contributed by atoms with Gasteiger partial charge in [-0.05, 0) is 28.8 Å². The fourth-order valence-corrected chi connectivity index (χ4v) is 4.48. The topological polar surface area (TPSA) is 42.0 Å². The molecule has 1 amide bonds. The molecule has 0 radical (unpaired) electrons. The average Bonchev–Trinajstić information content (AvgIpc) is 3.39. The molecule has 0 saturated carbocycles. The highest BCUT2D eigenvalue weighted by atomic mass is 32.1. The number of amides is 1. The van der Waals surface area contributed by atoms with Gasteiger partial charge in [-0.25, -0.2) is 4.98 Å². The largest absolute Gasteiger partial charge is 0.348 e. The first-order chi connectivity index (χ1) is 16.3. The van der Waals surface area contributed by atoms with Crippen molar-refractivity contribution < 1.29 is 4.79 Å². The molecular weight excluding hydrogens is 424 g/mol. The fraction of sp³-hybridized carbons (Fsp3) is 0.0345. The Morgan fingerprint density at radius 3 is 1.91 bits per heavy atom. The number of hydrogen-bond donors (Lipinski definition) is 1. The van der Waals surface area contributed by atoms with E-state index in [4.69, 9.17) is 4.98 Å². The first kappa shape index (κ1) is 20.9. The van der Waals surface area contributed by atoms with E-state index < -0.39 is 0 Å². The van der Waals surface area contributed by atoms with Crippen LogP contribution in [-0.4, -0.2) is 10.9 Å². The van der Waals surface area contributed by atoms with Crippen molar-refractivity contribution in [3.63, 3.8) is 0 Å². The Balaban J connectivity index is 1.20. The second kappa shape index (κ2) is 9.63. The second-order valence-electron chi connectivity index (χ2n) is 7.73. The van der Waals surface area contributed by atoms with E-state index in [-0.39, 0.29) is 5.91 Å². The molecule has 0 bridgehead atoms. The number of carbonyl (C=O) groups is 1. The van der Waals surface area contributed by atoms with Crippen LogP contribution in [-0.2, 0) is 6.54 Å². The molecule has 0 aliphatic rings. The molecule has 0 aliphatic carbocycles. The van der Waals surface area contributed by atoms with Gasteiger partial charge in [-0.3, -0.25) is 4.79 Å². The molecule has 4 heteroatoms. The Kier molecular flexibility index (Phi) is 6.09. The maximum Gasteiger partial charge on any atom is 0.251 e. The van der Waals surface area contributed by atoms with Crippen LogP contribution in [0.3, 0.4) is 0 Å². The number of carbonyl (C=O) groups excluding carboxylic acids is 1. The van der Waals surface area contributed by atoms with Gasteiger partial charge in [-0.15, -0.1) is 11.3 Å². The summed E-state index contributed by atoms with van der Waals surface area (Å²) < 4.78 is 0. The van der Waals surface area contributed by atoms with Gasteiger partial charge in [0.15, 0.2) is 0 Å². The fourth-order valence-electron chi connectivity index (χ4n) is 3.64. The van der Waals surface area contributed by atoms with Crippen LogP contribution >= 0.6 is 11.3 Å². The lowest BCUT2D eigenvalue weighted by molar-refractivity contribution is 0.0951. The van der Waals surface area contributed by atoms with Crippen LogP contribution in [0.1, 0.15) is 15.9 Å². The normalized spacial score (nSPS) is 10.7. The van der Waals surface area contributed by atoms with Gasteiger partial charge in [0.2, 0.25) is 0 Å². The van der Waals surface area contributed by atoms with E-state index in [0.29, 0.717) is 12.1 Å². The lowest BCUT2D eigenvalue weighted by Gasteiger charge is -2.07. The van der Waals surface area contributed by atoms with Gasteiger partial charge in [0.1, 0.15) is 5.01 Å². The molecule has 5 aromatic rings. The molecule has 160 valence electrons. The summed E-state index contributed by atoms with van der Waals surface area (Å²) in [5.74, 6) is -0.0777. The summed E-state index contributed by atoms with van der Waals surface area (Å²) in [6.45, 7) is 0.479. The predicted octanol–water partition coefficient (Wildman–Crippen LogP) is 7.07. The number of benzene rings is 4. The molecule has 1 N–H and O–H groups in total. The molecule has 3 nitrogen and oxygen atoms in total. The van der Waals surface area contributed by atoms with E-state index >= 15 is 0 Å². The molecule has 0 atom stereocenters. The maximum absolute atomic E-state index is 12.6. The summed E-state index contributed by atoms with van der Waals surface area (Å²) in [6.07, 6.45) is 0. The van der Waals surface area contributed by atoms with Gasteiger partial charge in [0.05, 0.1) is 5.69 Å². The Morgan fingerprint density at radius 2 is 1.24 bits per heavy atom. The van der Waals surface area contributed by atoms with Gasteiger partial charge in [-0.2, -0.15) is 0 Å². The number of hydrogen-bond acceptors (Lipinski definition) is 3. The molecule has 0 spiro atoms. The first-order valence-electron chi connectivity index (χ1n) is 10.8. The summed E-state index contributed by atoms with van der Waals surface area (Å²) in [5, 5.41) is 6.08. The maximum atomic E-state index is 12.6. The third-order valence-corrected chi connectivity index (χ3v) is 6.37. The van der Waals surface area contributed by atoms with Crippen molar-refractivity contribution in [3.05, 3.63) is 126 Å². The van der Waals surface area contributed by atoms with Gasteiger partial charge < -0.3 is 5.32 Å². The van der Waals surface area contributed by atoms with Crippen molar-refractivity contribution in [2.45, 2.75) is 6.54 Å². The zero-order valence-corrected chi connectivity index (χ0v) is 18.8. The molecule has 33 heavy (non-hydrogen) atoms. The summed E-state index contributed by atoms with van der Waals surface area (Å²) in [4.78, 5) is 17.3. The van der Waals surface area contributed by atoms with Crippen molar-refractivity contribution >= 4 is 17.2 Å². The predicted molar refractivity (Wildman–Crippen MR) is 136 cm³/mol. The van der Waals surface area contributed by atoms with Crippen molar-refractivity contribution in [1.29, 1.82) is 0 Å². The lowest BCUT2D eigenvalue weighted by atomic mass is 10.0. The van der Waals surface area contributed by atoms with Gasteiger partial charge in [0.25, 0.3) is 5.91 Å². The number of nitrogens with one attached hydrogen (secondary N) is 1. The smallest absolute Gasteiger partial charge is 0.251 e. The molecule has 0 aliphatic heterocycles. The standard InChI is InChI=1S/C29H22N2OS/c32-28(25-17-15-23(16-18-25)22-7-3-1-4-8-22)30-19-21-11-13-26(14-12-21)29-31-27(20-33-29)24-9-5-2-6-10-24/h1-18,20H,19H2,(H,30,32). The van der Waals surface area contributed by atoms with E-state index in [2.05, 4.69) is 47.1 Å². The van der Waals surface area contributed by atoms with Crippen LogP contribution in [0.5, 0.6) is 0 Å². The van der Waals surface area contributed by atoms with Gasteiger partial charge in [0, 0.05) is 28.6 Å². The summed E-state index contributed by atoms with van der Waals surface area (Å²) in [5.41, 5.74) is 7.13. The van der Waals surface area contributed by atoms with E-state index in [1.165, 1.54) is 0 Å². The van der Waals surface area contributed by atoms with E-state index in [9.17, 15) is 4.79 Å². The van der Waals surface area contributed by atoms with Crippen LogP contribution < -0.4 is 5.32 Å². The first-order valence-corrected chi connectivity index (χ1v) is 11.7. The molecule has 1 aromatic heterocycles. The molecular formula is C29H22N2OS. The number of nitrogens with zero attached hydrogens (tertiary/aromatic N) is 1. The highest BCUT2D eigenvalue weighted by Gasteiger charge is 2.08. The Hall–Kier alpha value is -4.02. The molecule has 0 saturated heterocycles. The van der Waals surface area contributed by atoms with Crippen LogP contribution in [0.15, 0.2) is 115 Å². The van der Waals surface area contributed by atoms with Gasteiger partial charge >= 0.3 is 0 Å². The van der Waals surface area contributed by atoms with Crippen molar-refractivity contribution in [3.8, 4) is 33.0 Å². The van der Waals surface area contributed by atoms with Crippen LogP contribution in [0.25, 0.3) is 33.0 Å². The molecule has 5 rings (SSSR count). The van der Waals surface area contributed by atoms with Crippen molar-refractivity contribution in [2.75, 3.05) is 0 Å². The lowest BCUT2D eigenvalue weighted by Crippen LogP contribution is -2.22. The van der Waals surface area contributed by atoms with Crippen molar-refractivity contribution in [2.24, 2.45) is 0 Å². The van der Waals surface area contributed by atoms with Gasteiger partial charge in [-0.1, -0.05) is 97.1 Å². The molecule has 0 unspecified atom stereocenters. The number of rotatable bonds is 6. The van der Waals surface area contributed by atoms with Crippen LogP contribution in [0, 0.1) is 0 Å². The summed E-state index contributed by atoms with van der Waals surface area (Å²) >= 11 is 1.64. The summed E-state index contributed by atoms with van der Waals surface area (Å²) in [7, 11) is 0. The quantitative estimate of drug-likeness (QED) is 0.303. The molecule has 0 fully saturated rings. The minimum absolute atomic E-state index is 0.0777. The third kappa shape index (κ3) is 4.92. The second-order valence-corrected chi connectivity index (χ2v) is 8.59. The Morgan fingerprint density at radius 1 is 0.667 bits per heavy atom. The highest BCUT2D eigenvalue weighted by Crippen LogP contribution is 2.29. The number of aromatic nitrogens is 1. The zero-order valence-electron chi connectivity index (χ0n) is 17.9. The van der Waals surface area contributed by atoms with Crippen molar-refractivity contribution in [1.82, 2.24) is 10.3 Å². The zero-order chi connectivity index (χ0) is 22.5. The van der Waals surface area contributed by atoms with E-state index in [0.717, 1.165) is 38.5 Å². The minimum Gasteiger partial charge on any atom is -0.348 e. The Bertz CT molecular complexity index is 1340. The minimum atomic E-state index is -0.0777. The van der Waals surface area contributed by atoms with Crippen LogP contribution in [0.2, 0.25) is 0 Å². The van der Waals surface area contributed by atoms with E-state index in [1.807, 2.05) is 72.8 Å². The third-order valence-electron chi connectivity index (χ3n) is 5.48. The molecule has 1 heterocycles.